The Morgan fingerprint density at radius 3 is 3.05 bits per heavy atom. The van der Waals surface area contributed by atoms with E-state index >= 15 is 0 Å². The van der Waals surface area contributed by atoms with E-state index in [1.807, 2.05) is 6.07 Å². The molecule has 21 heavy (non-hydrogen) atoms. The van der Waals surface area contributed by atoms with Crippen molar-refractivity contribution >= 4 is 11.4 Å². The summed E-state index contributed by atoms with van der Waals surface area (Å²) in [5.74, 6) is 0.409. The Hall–Kier alpha value is -2.39. The van der Waals surface area contributed by atoms with Gasteiger partial charge in [0, 0.05) is 25.3 Å². The Kier molecular flexibility index (Phi) is 2.69. The topological polar surface area (TPSA) is 73.4 Å². The summed E-state index contributed by atoms with van der Waals surface area (Å²) in [6.07, 6.45) is 4.42. The molecule has 2 aliphatic heterocycles. The molecule has 1 amide bonds. The van der Waals surface area contributed by atoms with E-state index in [4.69, 9.17) is 5.26 Å². The molecule has 2 bridgehead atoms. The van der Waals surface area contributed by atoms with Crippen molar-refractivity contribution in [2.45, 2.75) is 12.5 Å². The Balaban J connectivity index is 1.58. The van der Waals surface area contributed by atoms with E-state index in [9.17, 15) is 4.79 Å². The van der Waals surface area contributed by atoms with Crippen molar-refractivity contribution in [3.05, 3.63) is 35.9 Å². The summed E-state index contributed by atoms with van der Waals surface area (Å²) >= 11 is 0. The number of nitrogens with zero attached hydrogens (tertiary/aromatic N) is 4. The number of rotatable bonds is 2. The fourth-order valence-electron chi connectivity index (χ4n) is 3.40. The number of piperidine rings is 1. The minimum absolute atomic E-state index is 0.159. The first kappa shape index (κ1) is 12.4. The summed E-state index contributed by atoms with van der Waals surface area (Å²) < 4.78 is 1.70. The molecule has 6 heteroatoms. The SMILES string of the molecule is N#Cc1ccc2cnc(C(=O)NC3CN4CC[C@H]3C4)cn12. The molecule has 0 aromatic carbocycles. The minimum Gasteiger partial charge on any atom is -0.346 e. The Morgan fingerprint density at radius 2 is 2.33 bits per heavy atom. The Bertz CT molecular complexity index is 759. The summed E-state index contributed by atoms with van der Waals surface area (Å²) in [6, 6.07) is 5.87. The highest BCUT2D eigenvalue weighted by Crippen LogP contribution is 2.27. The van der Waals surface area contributed by atoms with Crippen LogP contribution < -0.4 is 5.32 Å². The van der Waals surface area contributed by atoms with Crippen LogP contribution in [-0.4, -0.2) is 45.9 Å². The molecule has 2 fully saturated rings. The highest BCUT2D eigenvalue weighted by molar-refractivity contribution is 5.92. The van der Waals surface area contributed by atoms with Gasteiger partial charge in [-0.05, 0) is 31.0 Å². The number of fused-ring (bicyclic) bond motifs is 3. The van der Waals surface area contributed by atoms with Gasteiger partial charge in [-0.25, -0.2) is 4.98 Å². The zero-order valence-corrected chi connectivity index (χ0v) is 11.5. The summed E-state index contributed by atoms with van der Waals surface area (Å²) in [4.78, 5) is 18.9. The van der Waals surface area contributed by atoms with E-state index in [-0.39, 0.29) is 11.9 Å². The second-order valence-corrected chi connectivity index (χ2v) is 5.79. The second kappa shape index (κ2) is 4.57. The third kappa shape index (κ3) is 1.98. The third-order valence-corrected chi connectivity index (χ3v) is 4.53. The number of carbonyl (C=O) groups is 1. The van der Waals surface area contributed by atoms with Crippen LogP contribution in [0.2, 0.25) is 0 Å². The first-order chi connectivity index (χ1) is 10.2. The second-order valence-electron chi connectivity index (χ2n) is 5.79. The fourth-order valence-corrected chi connectivity index (χ4v) is 3.40. The van der Waals surface area contributed by atoms with E-state index in [0.29, 0.717) is 17.3 Å². The molecular weight excluding hydrogens is 266 g/mol. The summed E-state index contributed by atoms with van der Waals surface area (Å²) in [6.45, 7) is 3.18. The number of nitriles is 1. The quantitative estimate of drug-likeness (QED) is 0.876. The van der Waals surface area contributed by atoms with Crippen LogP contribution in [0.25, 0.3) is 5.52 Å². The van der Waals surface area contributed by atoms with Crippen molar-refractivity contribution in [2.24, 2.45) is 5.92 Å². The first-order valence-corrected chi connectivity index (χ1v) is 7.15. The van der Waals surface area contributed by atoms with Gasteiger partial charge in [0.05, 0.1) is 11.7 Å². The molecule has 4 rings (SSSR count). The van der Waals surface area contributed by atoms with Crippen molar-refractivity contribution in [1.29, 1.82) is 5.26 Å². The van der Waals surface area contributed by atoms with Crippen LogP contribution in [0, 0.1) is 17.2 Å². The zero-order chi connectivity index (χ0) is 14.4. The molecule has 1 N–H and O–H groups in total. The normalized spacial score (nSPS) is 26.9. The van der Waals surface area contributed by atoms with Gasteiger partial charge in [-0.2, -0.15) is 5.26 Å². The van der Waals surface area contributed by atoms with Crippen molar-refractivity contribution in [1.82, 2.24) is 19.6 Å². The van der Waals surface area contributed by atoms with Crippen LogP contribution in [0.3, 0.4) is 0 Å². The average Bonchev–Trinajstić information content (AvgIpc) is 3.21. The van der Waals surface area contributed by atoms with Gasteiger partial charge >= 0.3 is 0 Å². The fraction of sp³-hybridized carbons (Fsp3) is 0.400. The molecule has 0 saturated carbocycles. The Morgan fingerprint density at radius 1 is 1.43 bits per heavy atom. The van der Waals surface area contributed by atoms with E-state index in [2.05, 4.69) is 21.3 Å². The number of amides is 1. The lowest BCUT2D eigenvalue weighted by Crippen LogP contribution is -2.43. The highest BCUT2D eigenvalue weighted by atomic mass is 16.2. The molecule has 0 spiro atoms. The minimum atomic E-state index is -0.159. The number of aromatic nitrogens is 2. The maximum Gasteiger partial charge on any atom is 0.271 e. The van der Waals surface area contributed by atoms with Gasteiger partial charge in [0.25, 0.3) is 5.91 Å². The van der Waals surface area contributed by atoms with E-state index in [1.165, 1.54) is 0 Å². The lowest BCUT2D eigenvalue weighted by atomic mass is 10.00. The van der Waals surface area contributed by atoms with Gasteiger partial charge in [-0.3, -0.25) is 4.79 Å². The predicted molar refractivity (Wildman–Crippen MR) is 75.7 cm³/mol. The zero-order valence-electron chi connectivity index (χ0n) is 11.5. The first-order valence-electron chi connectivity index (χ1n) is 7.15. The number of nitrogens with one attached hydrogen (secondary N) is 1. The average molecular weight is 281 g/mol. The van der Waals surface area contributed by atoms with Crippen molar-refractivity contribution in [2.75, 3.05) is 19.6 Å². The highest BCUT2D eigenvalue weighted by Gasteiger charge is 2.38. The molecule has 2 aliphatic rings. The largest absolute Gasteiger partial charge is 0.346 e. The molecule has 6 nitrogen and oxygen atoms in total. The molecule has 4 heterocycles. The van der Waals surface area contributed by atoms with Crippen molar-refractivity contribution < 1.29 is 4.79 Å². The van der Waals surface area contributed by atoms with E-state index in [1.54, 1.807) is 22.9 Å². The number of hydrogen-bond donors (Lipinski definition) is 1. The molecule has 2 unspecified atom stereocenters. The predicted octanol–water partition coefficient (Wildman–Crippen LogP) is 0.640. The van der Waals surface area contributed by atoms with Gasteiger partial charge in [0.1, 0.15) is 17.5 Å². The van der Waals surface area contributed by atoms with Crippen LogP contribution in [0.5, 0.6) is 0 Å². The van der Waals surface area contributed by atoms with Crippen LogP contribution in [-0.2, 0) is 0 Å². The molecule has 2 saturated heterocycles. The maximum atomic E-state index is 12.4. The molecule has 0 radical (unpaired) electrons. The van der Waals surface area contributed by atoms with Crippen molar-refractivity contribution in [3.8, 4) is 6.07 Å². The molecular formula is C15H15N5O. The smallest absolute Gasteiger partial charge is 0.271 e. The molecule has 0 aliphatic carbocycles. The summed E-state index contributed by atoms with van der Waals surface area (Å²) in [5.41, 5.74) is 1.68. The lowest BCUT2D eigenvalue weighted by Gasteiger charge is -2.22. The van der Waals surface area contributed by atoms with Crippen LogP contribution in [0.15, 0.2) is 24.5 Å². The number of hydrogen-bond acceptors (Lipinski definition) is 4. The van der Waals surface area contributed by atoms with E-state index in [0.717, 1.165) is 31.6 Å². The van der Waals surface area contributed by atoms with Crippen molar-refractivity contribution in [3.63, 3.8) is 0 Å². The van der Waals surface area contributed by atoms with E-state index < -0.39 is 0 Å². The molecule has 2 aromatic rings. The molecule has 106 valence electrons. The molecule has 2 aromatic heterocycles. The Labute approximate surface area is 122 Å². The summed E-state index contributed by atoms with van der Waals surface area (Å²) in [7, 11) is 0. The van der Waals surface area contributed by atoms with Gasteiger partial charge in [-0.15, -0.1) is 0 Å². The van der Waals surface area contributed by atoms with Crippen LogP contribution >= 0.6 is 0 Å². The molecule has 3 atom stereocenters. The monoisotopic (exact) mass is 281 g/mol. The van der Waals surface area contributed by atoms with Crippen LogP contribution in [0.4, 0.5) is 0 Å². The lowest BCUT2D eigenvalue weighted by molar-refractivity contribution is 0.0919. The number of carbonyl (C=O) groups excluding carboxylic acids is 1. The summed E-state index contributed by atoms with van der Waals surface area (Å²) in [5, 5.41) is 12.1. The van der Waals surface area contributed by atoms with Gasteiger partial charge < -0.3 is 14.6 Å². The third-order valence-electron chi connectivity index (χ3n) is 4.53. The standard InChI is InChI=1S/C15H15N5O/c16-5-11-1-2-12-6-17-14(9-20(11)12)15(21)18-13-8-19-4-3-10(13)7-19/h1-2,6,9-10,13H,3-4,7-8H2,(H,18,21)/t10-,13?/m0/s1. The maximum absolute atomic E-state index is 12.4. The van der Waals surface area contributed by atoms with Crippen LogP contribution in [0.1, 0.15) is 22.6 Å². The van der Waals surface area contributed by atoms with Gasteiger partial charge in [0.15, 0.2) is 0 Å². The van der Waals surface area contributed by atoms with Gasteiger partial charge in [-0.1, -0.05) is 0 Å². The van der Waals surface area contributed by atoms with Gasteiger partial charge in [0.2, 0.25) is 0 Å².